The zero-order valence-electron chi connectivity index (χ0n) is 12.8. The van der Waals surface area contributed by atoms with E-state index in [1.54, 1.807) is 4.90 Å². The number of nitrogens with two attached hydrogens (primary N) is 1. The van der Waals surface area contributed by atoms with Crippen LogP contribution in [0.25, 0.3) is 0 Å². The van der Waals surface area contributed by atoms with Crippen molar-refractivity contribution in [2.45, 2.75) is 38.5 Å². The van der Waals surface area contributed by atoms with Crippen molar-refractivity contribution in [1.82, 2.24) is 9.47 Å². The molecule has 0 bridgehead atoms. The van der Waals surface area contributed by atoms with Crippen LogP contribution >= 0.6 is 0 Å². The second-order valence-corrected chi connectivity index (χ2v) is 5.86. The molecule has 1 fully saturated rings. The minimum Gasteiger partial charge on any atom is -0.337 e. The number of piperidine rings is 1. The Hall–Kier alpha value is -1.83. The van der Waals surface area contributed by atoms with Gasteiger partial charge >= 0.3 is 6.18 Å². The fraction of sp³-hybridized carbons (Fsp3) is 0.600. The van der Waals surface area contributed by atoms with Gasteiger partial charge < -0.3 is 15.2 Å². The minimum absolute atomic E-state index is 0.141. The Balaban J connectivity index is 2.22. The molecule has 0 unspecified atom stereocenters. The quantitative estimate of drug-likeness (QED) is 0.911. The predicted octanol–water partition coefficient (Wildman–Crippen LogP) is 1.45. The van der Waals surface area contributed by atoms with Gasteiger partial charge in [-0.15, -0.1) is 0 Å². The number of nitrogens with zero attached hydrogens (tertiary/aromatic N) is 2. The molecule has 0 radical (unpaired) electrons. The molecule has 1 aliphatic heterocycles. The van der Waals surface area contributed by atoms with E-state index in [1.807, 2.05) is 6.92 Å². The van der Waals surface area contributed by atoms with Crippen LogP contribution in [0.3, 0.4) is 0 Å². The number of amides is 1. The molecule has 2 atom stereocenters. The molecule has 0 saturated carbocycles. The van der Waals surface area contributed by atoms with E-state index in [0.717, 1.165) is 29.5 Å². The SMILES string of the molecule is C[C@@H]1CCCN(C(=O)Cn2cccc(C(F)(F)F)c2=O)[C@@H]1CN. The minimum atomic E-state index is -4.73. The smallest absolute Gasteiger partial charge is 0.337 e. The summed E-state index contributed by atoms with van der Waals surface area (Å²) in [6.45, 7) is 2.39. The summed E-state index contributed by atoms with van der Waals surface area (Å²) in [4.78, 5) is 25.9. The van der Waals surface area contributed by atoms with Gasteiger partial charge in [-0.05, 0) is 30.9 Å². The lowest BCUT2D eigenvalue weighted by Crippen LogP contribution is -2.52. The normalized spacial score (nSPS) is 22.2. The van der Waals surface area contributed by atoms with Crippen LogP contribution in [0, 0.1) is 5.92 Å². The summed E-state index contributed by atoms with van der Waals surface area (Å²) >= 11 is 0. The van der Waals surface area contributed by atoms with E-state index in [0.29, 0.717) is 13.1 Å². The van der Waals surface area contributed by atoms with Crippen molar-refractivity contribution in [2.24, 2.45) is 11.7 Å². The van der Waals surface area contributed by atoms with Gasteiger partial charge in [0.05, 0.1) is 0 Å². The third kappa shape index (κ3) is 3.74. The summed E-state index contributed by atoms with van der Waals surface area (Å²) < 4.78 is 39.1. The van der Waals surface area contributed by atoms with E-state index in [9.17, 15) is 22.8 Å². The van der Waals surface area contributed by atoms with Crippen molar-refractivity contribution in [1.29, 1.82) is 0 Å². The number of carbonyl (C=O) groups excluding carboxylic acids is 1. The molecule has 2 rings (SSSR count). The number of likely N-dealkylation sites (tertiary alicyclic amines) is 1. The highest BCUT2D eigenvalue weighted by molar-refractivity contribution is 5.76. The summed E-state index contributed by atoms with van der Waals surface area (Å²) in [6, 6.07) is 1.70. The van der Waals surface area contributed by atoms with Crippen LogP contribution in [0.15, 0.2) is 23.1 Å². The second kappa shape index (κ2) is 6.74. The molecule has 23 heavy (non-hydrogen) atoms. The largest absolute Gasteiger partial charge is 0.421 e. The lowest BCUT2D eigenvalue weighted by Gasteiger charge is -2.39. The number of rotatable bonds is 3. The highest BCUT2D eigenvalue weighted by atomic mass is 19.4. The Morgan fingerprint density at radius 1 is 1.43 bits per heavy atom. The number of hydrogen-bond donors (Lipinski definition) is 1. The standard InChI is InChI=1S/C15H20F3N3O2/c1-10-4-2-7-21(12(10)8-19)13(22)9-20-6-3-5-11(14(20)23)15(16,17)18/h3,5-6,10,12H,2,4,7-9,19H2,1H3/t10-,12-/m1/s1. The van der Waals surface area contributed by atoms with E-state index >= 15 is 0 Å². The summed E-state index contributed by atoms with van der Waals surface area (Å²) in [5.41, 5.74) is 3.24. The van der Waals surface area contributed by atoms with Gasteiger partial charge in [-0.2, -0.15) is 13.2 Å². The molecule has 0 aromatic carbocycles. The number of pyridine rings is 1. The summed E-state index contributed by atoms with van der Waals surface area (Å²) in [7, 11) is 0. The van der Waals surface area contributed by atoms with Gasteiger partial charge in [0.2, 0.25) is 5.91 Å². The van der Waals surface area contributed by atoms with Gasteiger partial charge in [-0.3, -0.25) is 9.59 Å². The van der Waals surface area contributed by atoms with Crippen molar-refractivity contribution in [2.75, 3.05) is 13.1 Å². The first kappa shape index (κ1) is 17.5. The van der Waals surface area contributed by atoms with Crippen molar-refractivity contribution in [3.63, 3.8) is 0 Å². The monoisotopic (exact) mass is 331 g/mol. The maximum Gasteiger partial charge on any atom is 0.421 e. The maximum atomic E-state index is 12.8. The molecule has 2 N–H and O–H groups in total. The predicted molar refractivity (Wildman–Crippen MR) is 78.7 cm³/mol. The molecule has 5 nitrogen and oxygen atoms in total. The topological polar surface area (TPSA) is 68.3 Å². The van der Waals surface area contributed by atoms with Crippen LogP contribution in [0.1, 0.15) is 25.3 Å². The fourth-order valence-electron chi connectivity index (χ4n) is 3.03. The van der Waals surface area contributed by atoms with E-state index in [1.165, 1.54) is 6.20 Å². The number of aromatic nitrogens is 1. The second-order valence-electron chi connectivity index (χ2n) is 5.86. The zero-order valence-corrected chi connectivity index (χ0v) is 12.8. The third-order valence-electron chi connectivity index (χ3n) is 4.31. The third-order valence-corrected chi connectivity index (χ3v) is 4.31. The average Bonchev–Trinajstić information content (AvgIpc) is 2.47. The molecule has 8 heteroatoms. The molecular formula is C15H20F3N3O2. The van der Waals surface area contributed by atoms with Crippen LogP contribution in [0.2, 0.25) is 0 Å². The number of halogens is 3. The van der Waals surface area contributed by atoms with Crippen molar-refractivity contribution in [3.05, 3.63) is 34.2 Å². The Morgan fingerprint density at radius 3 is 2.74 bits per heavy atom. The maximum absolute atomic E-state index is 12.8. The summed E-state index contributed by atoms with van der Waals surface area (Å²) in [5.74, 6) is -0.149. The summed E-state index contributed by atoms with van der Waals surface area (Å²) in [5, 5.41) is 0. The van der Waals surface area contributed by atoms with Crippen LogP contribution in [0.4, 0.5) is 13.2 Å². The first-order valence-corrected chi connectivity index (χ1v) is 7.52. The molecule has 0 aliphatic carbocycles. The first-order chi connectivity index (χ1) is 10.8. The molecule has 1 aromatic heterocycles. The van der Waals surface area contributed by atoms with E-state index in [2.05, 4.69) is 0 Å². The molecule has 2 heterocycles. The van der Waals surface area contributed by atoms with E-state index < -0.39 is 23.8 Å². The highest BCUT2D eigenvalue weighted by Crippen LogP contribution is 2.26. The number of carbonyl (C=O) groups is 1. The number of alkyl halides is 3. The Kier molecular flexibility index (Phi) is 5.13. The number of hydrogen-bond acceptors (Lipinski definition) is 3. The van der Waals surface area contributed by atoms with Gasteiger partial charge in [0, 0.05) is 25.3 Å². The lowest BCUT2D eigenvalue weighted by molar-refractivity contribution is -0.140. The van der Waals surface area contributed by atoms with Gasteiger partial charge in [0.15, 0.2) is 0 Å². The molecule has 1 amide bonds. The highest BCUT2D eigenvalue weighted by Gasteiger charge is 2.35. The van der Waals surface area contributed by atoms with Crippen molar-refractivity contribution in [3.8, 4) is 0 Å². The van der Waals surface area contributed by atoms with Gasteiger partial charge in [-0.25, -0.2) is 0 Å². The Bertz CT molecular complexity index is 627. The first-order valence-electron chi connectivity index (χ1n) is 7.52. The van der Waals surface area contributed by atoms with Gasteiger partial charge in [-0.1, -0.05) is 6.92 Å². The van der Waals surface area contributed by atoms with Crippen molar-refractivity contribution < 1.29 is 18.0 Å². The summed E-state index contributed by atoms with van der Waals surface area (Å²) in [6.07, 6.45) is -1.76. The van der Waals surface area contributed by atoms with Crippen molar-refractivity contribution >= 4 is 5.91 Å². The Morgan fingerprint density at radius 2 is 2.13 bits per heavy atom. The molecule has 1 saturated heterocycles. The molecular weight excluding hydrogens is 311 g/mol. The molecule has 128 valence electrons. The average molecular weight is 331 g/mol. The zero-order chi connectivity index (χ0) is 17.2. The van der Waals surface area contributed by atoms with Crippen LogP contribution in [-0.2, 0) is 17.5 Å². The van der Waals surface area contributed by atoms with E-state index in [4.69, 9.17) is 5.73 Å². The molecule has 0 spiro atoms. The lowest BCUT2D eigenvalue weighted by atomic mass is 9.91. The van der Waals surface area contributed by atoms with Gasteiger partial charge in [0.1, 0.15) is 12.1 Å². The molecule has 1 aromatic rings. The fourth-order valence-corrected chi connectivity index (χ4v) is 3.03. The Labute approximate surface area is 131 Å². The molecule has 1 aliphatic rings. The van der Waals surface area contributed by atoms with E-state index in [-0.39, 0.29) is 17.9 Å². The van der Waals surface area contributed by atoms with Crippen LogP contribution in [-0.4, -0.2) is 34.5 Å². The van der Waals surface area contributed by atoms with Crippen LogP contribution in [0.5, 0.6) is 0 Å². The van der Waals surface area contributed by atoms with Crippen LogP contribution < -0.4 is 11.3 Å². The van der Waals surface area contributed by atoms with Gasteiger partial charge in [0.25, 0.3) is 5.56 Å².